The van der Waals surface area contributed by atoms with Crippen LogP contribution < -0.4 is 10.1 Å². The maximum atomic E-state index is 12.3. The monoisotopic (exact) mass is 280 g/mol. The molecule has 0 bridgehead atoms. The van der Waals surface area contributed by atoms with Crippen molar-refractivity contribution in [3.8, 4) is 5.75 Å². The molecule has 0 spiro atoms. The van der Waals surface area contributed by atoms with Crippen molar-refractivity contribution in [2.45, 2.75) is 6.54 Å². The van der Waals surface area contributed by atoms with Crippen molar-refractivity contribution in [3.63, 3.8) is 0 Å². The minimum atomic E-state index is -0.176. The highest BCUT2D eigenvalue weighted by Gasteiger charge is 2.26. The number of urea groups is 1. The van der Waals surface area contributed by atoms with E-state index in [1.165, 1.54) is 0 Å². The fourth-order valence-corrected chi connectivity index (χ4v) is 2.47. The third-order valence-corrected chi connectivity index (χ3v) is 3.57. The van der Waals surface area contributed by atoms with Gasteiger partial charge in [-0.25, -0.2) is 4.79 Å². The zero-order valence-corrected chi connectivity index (χ0v) is 11.8. The van der Waals surface area contributed by atoms with Crippen LogP contribution in [0.3, 0.4) is 0 Å². The van der Waals surface area contributed by atoms with Gasteiger partial charge in [0.05, 0.1) is 19.3 Å². The molecular weight excluding hydrogens is 264 g/mol. The molecule has 1 heterocycles. The molecule has 4 nitrogen and oxygen atoms in total. The molecule has 0 unspecified atom stereocenters. The number of ether oxygens (including phenoxy) is 1. The Labute approximate surface area is 123 Å². The summed E-state index contributed by atoms with van der Waals surface area (Å²) >= 11 is 0. The smallest absolute Gasteiger partial charge is 0.326 e. The molecule has 0 saturated carbocycles. The Kier molecular flexibility index (Phi) is 3.36. The van der Waals surface area contributed by atoms with Crippen molar-refractivity contribution in [3.05, 3.63) is 66.2 Å². The third kappa shape index (κ3) is 2.36. The first-order chi connectivity index (χ1) is 10.2. The fraction of sp³-hybridized carbons (Fsp3) is 0.118. The van der Waals surface area contributed by atoms with Crippen LogP contribution in [-0.4, -0.2) is 18.0 Å². The lowest BCUT2D eigenvalue weighted by Gasteiger charge is -2.31. The van der Waals surface area contributed by atoms with Gasteiger partial charge in [0.1, 0.15) is 5.75 Å². The molecule has 0 radical (unpaired) electrons. The van der Waals surface area contributed by atoms with Gasteiger partial charge in [0.2, 0.25) is 0 Å². The molecule has 0 fully saturated rings. The second-order valence-electron chi connectivity index (χ2n) is 4.82. The number of anilines is 1. The minimum Gasteiger partial charge on any atom is -0.496 e. The summed E-state index contributed by atoms with van der Waals surface area (Å²) in [5, 5.41) is 2.88. The summed E-state index contributed by atoms with van der Waals surface area (Å²) in [4.78, 5) is 13.9. The number of carbonyl (C=O) groups is 1. The number of amides is 2. The Hall–Kier alpha value is -2.75. The average Bonchev–Trinajstić information content (AvgIpc) is 2.52. The second kappa shape index (κ2) is 5.32. The molecule has 4 heteroatoms. The van der Waals surface area contributed by atoms with Gasteiger partial charge in [0.15, 0.2) is 0 Å². The first kappa shape index (κ1) is 13.2. The largest absolute Gasteiger partial charge is 0.496 e. The van der Waals surface area contributed by atoms with E-state index in [-0.39, 0.29) is 6.03 Å². The first-order valence-corrected chi connectivity index (χ1v) is 6.69. The summed E-state index contributed by atoms with van der Waals surface area (Å²) in [6.07, 6.45) is 0. The molecule has 0 atom stereocenters. The van der Waals surface area contributed by atoms with E-state index in [4.69, 9.17) is 4.74 Å². The average molecular weight is 280 g/mol. The number of benzene rings is 2. The standard InChI is InChI=1S/C17H16N2O2/c1-12-14-8-4-5-9-15(14)18-17(20)19(12)11-13-7-3-6-10-16(13)21-2/h3-10H,1,11H2,2H3,(H,18,20). The van der Waals surface area contributed by atoms with Crippen LogP contribution in [0, 0.1) is 0 Å². The second-order valence-corrected chi connectivity index (χ2v) is 4.82. The molecule has 0 saturated heterocycles. The van der Waals surface area contributed by atoms with Gasteiger partial charge in [-0.05, 0) is 12.1 Å². The van der Waals surface area contributed by atoms with E-state index in [0.717, 1.165) is 22.6 Å². The van der Waals surface area contributed by atoms with E-state index in [0.29, 0.717) is 12.2 Å². The number of hydrogen-bond donors (Lipinski definition) is 1. The van der Waals surface area contributed by atoms with E-state index in [1.807, 2.05) is 48.5 Å². The highest BCUT2D eigenvalue weighted by molar-refractivity contribution is 6.02. The Morgan fingerprint density at radius 1 is 1.14 bits per heavy atom. The molecule has 21 heavy (non-hydrogen) atoms. The molecule has 106 valence electrons. The summed E-state index contributed by atoms with van der Waals surface area (Å²) in [5.74, 6) is 0.761. The highest BCUT2D eigenvalue weighted by atomic mass is 16.5. The zero-order valence-electron chi connectivity index (χ0n) is 11.8. The SMILES string of the molecule is C=C1c2ccccc2NC(=O)N1Cc1ccccc1OC. The summed E-state index contributed by atoms with van der Waals surface area (Å²) in [5.41, 5.74) is 3.37. The molecule has 0 aromatic heterocycles. The molecule has 1 N–H and O–H groups in total. The number of nitrogens with zero attached hydrogens (tertiary/aromatic N) is 1. The topological polar surface area (TPSA) is 41.6 Å². The molecule has 2 aromatic carbocycles. The van der Waals surface area contributed by atoms with E-state index in [9.17, 15) is 4.79 Å². The molecule has 1 aliphatic heterocycles. The maximum Gasteiger partial charge on any atom is 0.326 e. The number of hydrogen-bond acceptors (Lipinski definition) is 2. The molecule has 1 aliphatic rings. The highest BCUT2D eigenvalue weighted by Crippen LogP contribution is 2.32. The molecule has 2 aromatic rings. The quantitative estimate of drug-likeness (QED) is 0.931. The van der Waals surface area contributed by atoms with E-state index >= 15 is 0 Å². The minimum absolute atomic E-state index is 0.176. The summed E-state index contributed by atoms with van der Waals surface area (Å²) in [6.45, 7) is 4.48. The van der Waals surface area contributed by atoms with E-state index in [2.05, 4.69) is 11.9 Å². The van der Waals surface area contributed by atoms with Crippen LogP contribution in [0.25, 0.3) is 5.70 Å². The van der Waals surface area contributed by atoms with Crippen molar-refractivity contribution >= 4 is 17.4 Å². The predicted molar refractivity (Wildman–Crippen MR) is 83.0 cm³/mol. The van der Waals surface area contributed by atoms with Gasteiger partial charge in [-0.2, -0.15) is 0 Å². The summed E-state index contributed by atoms with van der Waals surface area (Å²) in [6, 6.07) is 15.1. The lowest BCUT2D eigenvalue weighted by atomic mass is 10.1. The molecule has 2 amide bonds. The number of nitrogens with one attached hydrogen (secondary N) is 1. The van der Waals surface area contributed by atoms with Crippen molar-refractivity contribution in [1.82, 2.24) is 4.90 Å². The number of carbonyl (C=O) groups excluding carboxylic acids is 1. The number of para-hydroxylation sites is 2. The lowest BCUT2D eigenvalue weighted by Crippen LogP contribution is -2.36. The first-order valence-electron chi connectivity index (χ1n) is 6.69. The van der Waals surface area contributed by atoms with Crippen molar-refractivity contribution in [1.29, 1.82) is 0 Å². The third-order valence-electron chi connectivity index (χ3n) is 3.57. The maximum absolute atomic E-state index is 12.3. The molecule has 0 aliphatic carbocycles. The van der Waals surface area contributed by atoms with Gasteiger partial charge in [0, 0.05) is 16.8 Å². The van der Waals surface area contributed by atoms with Gasteiger partial charge in [-0.1, -0.05) is 43.0 Å². The van der Waals surface area contributed by atoms with Crippen LogP contribution >= 0.6 is 0 Å². The number of methoxy groups -OCH3 is 1. The van der Waals surface area contributed by atoms with Gasteiger partial charge in [-0.3, -0.25) is 4.90 Å². The van der Waals surface area contributed by atoms with Crippen molar-refractivity contribution in [2.75, 3.05) is 12.4 Å². The van der Waals surface area contributed by atoms with Crippen LogP contribution in [0.1, 0.15) is 11.1 Å². The zero-order chi connectivity index (χ0) is 14.8. The van der Waals surface area contributed by atoms with Crippen LogP contribution in [0.4, 0.5) is 10.5 Å². The normalized spacial score (nSPS) is 13.7. The van der Waals surface area contributed by atoms with Crippen LogP contribution in [0.2, 0.25) is 0 Å². The van der Waals surface area contributed by atoms with Gasteiger partial charge < -0.3 is 10.1 Å². The van der Waals surface area contributed by atoms with Gasteiger partial charge >= 0.3 is 6.03 Å². The predicted octanol–water partition coefficient (Wildman–Crippen LogP) is 3.71. The van der Waals surface area contributed by atoms with Crippen LogP contribution in [0.15, 0.2) is 55.1 Å². The Morgan fingerprint density at radius 2 is 1.86 bits per heavy atom. The summed E-state index contributed by atoms with van der Waals surface area (Å²) in [7, 11) is 1.62. The summed E-state index contributed by atoms with van der Waals surface area (Å²) < 4.78 is 5.34. The van der Waals surface area contributed by atoms with E-state index in [1.54, 1.807) is 12.0 Å². The Morgan fingerprint density at radius 3 is 2.67 bits per heavy atom. The van der Waals surface area contributed by atoms with Crippen molar-refractivity contribution < 1.29 is 9.53 Å². The number of rotatable bonds is 3. The fourth-order valence-electron chi connectivity index (χ4n) is 2.47. The van der Waals surface area contributed by atoms with Crippen LogP contribution in [0.5, 0.6) is 5.75 Å². The van der Waals surface area contributed by atoms with Crippen molar-refractivity contribution in [2.24, 2.45) is 0 Å². The molecular formula is C17H16N2O2. The van der Waals surface area contributed by atoms with Gasteiger partial charge in [-0.15, -0.1) is 0 Å². The Balaban J connectivity index is 1.93. The molecule has 3 rings (SSSR count). The lowest BCUT2D eigenvalue weighted by molar-refractivity contribution is 0.228. The van der Waals surface area contributed by atoms with E-state index < -0.39 is 0 Å². The van der Waals surface area contributed by atoms with Crippen LogP contribution in [-0.2, 0) is 6.54 Å². The van der Waals surface area contributed by atoms with Gasteiger partial charge in [0.25, 0.3) is 0 Å². The number of fused-ring (bicyclic) bond motifs is 1. The Bertz CT molecular complexity index is 709.